The van der Waals surface area contributed by atoms with Gasteiger partial charge in [0, 0.05) is 25.7 Å². The molecule has 0 aliphatic carbocycles. The molecule has 2 rings (SSSR count). The molecule has 0 fully saturated rings. The quantitative estimate of drug-likeness (QED) is 0.737. The molecule has 1 amide bonds. The third-order valence-corrected chi connectivity index (χ3v) is 5.63. The van der Waals surface area contributed by atoms with Gasteiger partial charge < -0.3 is 10.6 Å². The van der Waals surface area contributed by atoms with E-state index >= 15 is 0 Å². The summed E-state index contributed by atoms with van der Waals surface area (Å²) >= 11 is 0. The van der Waals surface area contributed by atoms with Crippen LogP contribution in [0.15, 0.2) is 53.4 Å². The van der Waals surface area contributed by atoms with Gasteiger partial charge in [0.05, 0.1) is 10.6 Å². The highest BCUT2D eigenvalue weighted by Crippen LogP contribution is 2.22. The molecule has 0 saturated heterocycles. The van der Waals surface area contributed by atoms with E-state index in [1.807, 2.05) is 14.0 Å². The topological polar surface area (TPSA) is 78.5 Å². The zero-order chi connectivity index (χ0) is 18.4. The highest BCUT2D eigenvalue weighted by atomic mass is 32.2. The number of carbonyl (C=O) groups excluding carboxylic acids is 1. The Bertz CT molecular complexity index is 816. The second-order valence-electron chi connectivity index (χ2n) is 5.69. The molecule has 0 saturated carbocycles. The minimum absolute atomic E-state index is 0.189. The van der Waals surface area contributed by atoms with Crippen molar-refractivity contribution in [2.45, 2.75) is 11.8 Å². The summed E-state index contributed by atoms with van der Waals surface area (Å²) in [6.07, 6.45) is 0. The number of likely N-dealkylation sites (N-methyl/N-ethyl adjacent to an activating group) is 1. The van der Waals surface area contributed by atoms with Crippen LogP contribution in [0, 0.1) is 6.92 Å². The van der Waals surface area contributed by atoms with Gasteiger partial charge in [-0.15, -0.1) is 0 Å². The van der Waals surface area contributed by atoms with Gasteiger partial charge in [0.25, 0.3) is 15.9 Å². The third kappa shape index (κ3) is 4.58. The van der Waals surface area contributed by atoms with Crippen molar-refractivity contribution in [2.75, 3.05) is 31.5 Å². The second-order valence-corrected chi connectivity index (χ2v) is 7.66. The number of benzene rings is 2. The van der Waals surface area contributed by atoms with Crippen molar-refractivity contribution in [1.82, 2.24) is 10.6 Å². The van der Waals surface area contributed by atoms with Crippen molar-refractivity contribution in [1.29, 1.82) is 0 Å². The number of amides is 1. The minimum atomic E-state index is -3.63. The van der Waals surface area contributed by atoms with E-state index < -0.39 is 10.0 Å². The van der Waals surface area contributed by atoms with Gasteiger partial charge in [-0.3, -0.25) is 9.10 Å². The van der Waals surface area contributed by atoms with Crippen LogP contribution in [0.4, 0.5) is 5.69 Å². The van der Waals surface area contributed by atoms with Crippen LogP contribution in [0.1, 0.15) is 15.9 Å². The Morgan fingerprint density at radius 2 is 1.60 bits per heavy atom. The fourth-order valence-electron chi connectivity index (χ4n) is 2.23. The Morgan fingerprint density at radius 1 is 1.00 bits per heavy atom. The molecule has 6 nitrogen and oxygen atoms in total. The van der Waals surface area contributed by atoms with Gasteiger partial charge >= 0.3 is 0 Å². The fraction of sp³-hybridized carbons (Fsp3) is 0.278. The Kier molecular flexibility index (Phi) is 6.17. The van der Waals surface area contributed by atoms with Crippen LogP contribution < -0.4 is 14.9 Å². The standard InChI is InChI=1S/C18H23N3O3S/c1-14-4-10-17(11-5-14)25(23,24)21(3)16-8-6-15(7-9-16)18(22)20-13-12-19-2/h4-11,19H,12-13H2,1-3H3,(H,20,22). The van der Waals surface area contributed by atoms with Crippen molar-refractivity contribution >= 4 is 21.6 Å². The Balaban J connectivity index is 2.15. The fourth-order valence-corrected chi connectivity index (χ4v) is 3.43. The molecule has 2 N–H and O–H groups in total. The van der Waals surface area contributed by atoms with E-state index in [0.717, 1.165) is 5.56 Å². The van der Waals surface area contributed by atoms with E-state index in [1.165, 1.54) is 11.4 Å². The molecule has 0 heterocycles. The van der Waals surface area contributed by atoms with Crippen LogP contribution >= 0.6 is 0 Å². The Labute approximate surface area is 148 Å². The summed E-state index contributed by atoms with van der Waals surface area (Å²) in [4.78, 5) is 12.2. The van der Waals surface area contributed by atoms with Gasteiger partial charge in [0.2, 0.25) is 0 Å². The summed E-state index contributed by atoms with van der Waals surface area (Å²) in [6.45, 7) is 3.11. The summed E-state index contributed by atoms with van der Waals surface area (Å²) < 4.78 is 26.6. The molecule has 2 aromatic rings. The molecule has 0 aliphatic heterocycles. The lowest BCUT2D eigenvalue weighted by Gasteiger charge is -2.20. The Hall–Kier alpha value is -2.38. The molecule has 0 bridgehead atoms. The molecule has 0 atom stereocenters. The van der Waals surface area contributed by atoms with Crippen LogP contribution in [0.2, 0.25) is 0 Å². The zero-order valence-corrected chi connectivity index (χ0v) is 15.4. The van der Waals surface area contributed by atoms with Crippen molar-refractivity contribution < 1.29 is 13.2 Å². The van der Waals surface area contributed by atoms with E-state index in [9.17, 15) is 13.2 Å². The molecule has 0 spiro atoms. The van der Waals surface area contributed by atoms with E-state index in [1.54, 1.807) is 48.5 Å². The highest BCUT2D eigenvalue weighted by molar-refractivity contribution is 7.92. The van der Waals surface area contributed by atoms with Crippen LogP contribution in [0.3, 0.4) is 0 Å². The van der Waals surface area contributed by atoms with Crippen LogP contribution in [-0.2, 0) is 10.0 Å². The summed E-state index contributed by atoms with van der Waals surface area (Å²) in [5.74, 6) is -0.189. The van der Waals surface area contributed by atoms with E-state index in [-0.39, 0.29) is 10.8 Å². The number of anilines is 1. The average molecular weight is 361 g/mol. The number of carbonyl (C=O) groups is 1. The Morgan fingerprint density at radius 3 is 2.16 bits per heavy atom. The summed E-state index contributed by atoms with van der Waals surface area (Å²) in [6, 6.07) is 13.2. The van der Waals surface area contributed by atoms with Crippen LogP contribution in [0.5, 0.6) is 0 Å². The van der Waals surface area contributed by atoms with Crippen LogP contribution in [0.25, 0.3) is 0 Å². The number of aryl methyl sites for hydroxylation is 1. The highest BCUT2D eigenvalue weighted by Gasteiger charge is 2.21. The molecular weight excluding hydrogens is 338 g/mol. The lowest BCUT2D eigenvalue weighted by molar-refractivity contribution is 0.0954. The lowest BCUT2D eigenvalue weighted by Crippen LogP contribution is -2.30. The normalized spacial score (nSPS) is 11.2. The maximum absolute atomic E-state index is 12.7. The molecule has 25 heavy (non-hydrogen) atoms. The lowest BCUT2D eigenvalue weighted by atomic mass is 10.2. The van der Waals surface area contributed by atoms with Gasteiger partial charge in [0.1, 0.15) is 0 Å². The predicted octanol–water partition coefficient (Wildman–Crippen LogP) is 1.77. The smallest absolute Gasteiger partial charge is 0.264 e. The summed E-state index contributed by atoms with van der Waals surface area (Å²) in [5.41, 5.74) is 1.98. The van der Waals surface area contributed by atoms with Crippen molar-refractivity contribution in [2.24, 2.45) is 0 Å². The van der Waals surface area contributed by atoms with Crippen LogP contribution in [-0.4, -0.2) is 41.5 Å². The van der Waals surface area contributed by atoms with Gasteiger partial charge in [0.15, 0.2) is 0 Å². The van der Waals surface area contributed by atoms with Crippen molar-refractivity contribution in [3.8, 4) is 0 Å². The first-order valence-electron chi connectivity index (χ1n) is 7.94. The first-order valence-corrected chi connectivity index (χ1v) is 9.38. The van der Waals surface area contributed by atoms with E-state index in [0.29, 0.717) is 24.3 Å². The predicted molar refractivity (Wildman–Crippen MR) is 99.5 cm³/mol. The molecule has 2 aromatic carbocycles. The molecule has 0 aliphatic rings. The SMILES string of the molecule is CNCCNC(=O)c1ccc(N(C)S(=O)(=O)c2ccc(C)cc2)cc1. The molecule has 0 radical (unpaired) electrons. The monoisotopic (exact) mass is 361 g/mol. The van der Waals surface area contributed by atoms with Gasteiger partial charge in [-0.05, 0) is 50.4 Å². The number of nitrogens with one attached hydrogen (secondary N) is 2. The molecule has 0 aromatic heterocycles. The first-order chi connectivity index (χ1) is 11.9. The third-order valence-electron chi connectivity index (χ3n) is 3.83. The van der Waals surface area contributed by atoms with Crippen molar-refractivity contribution in [3.05, 3.63) is 59.7 Å². The van der Waals surface area contributed by atoms with Crippen molar-refractivity contribution in [3.63, 3.8) is 0 Å². The summed E-state index contributed by atoms with van der Waals surface area (Å²) in [5, 5.41) is 5.72. The largest absolute Gasteiger partial charge is 0.351 e. The summed E-state index contributed by atoms with van der Waals surface area (Å²) in [7, 11) is -0.327. The average Bonchev–Trinajstić information content (AvgIpc) is 2.61. The number of hydrogen-bond donors (Lipinski definition) is 2. The molecule has 7 heteroatoms. The minimum Gasteiger partial charge on any atom is -0.351 e. The van der Waals surface area contributed by atoms with E-state index in [2.05, 4.69) is 10.6 Å². The van der Waals surface area contributed by atoms with Gasteiger partial charge in [-0.2, -0.15) is 0 Å². The van der Waals surface area contributed by atoms with Gasteiger partial charge in [-0.1, -0.05) is 17.7 Å². The van der Waals surface area contributed by atoms with Gasteiger partial charge in [-0.25, -0.2) is 8.42 Å². The maximum Gasteiger partial charge on any atom is 0.264 e. The number of sulfonamides is 1. The maximum atomic E-state index is 12.7. The number of rotatable bonds is 7. The number of nitrogens with zero attached hydrogens (tertiary/aromatic N) is 1. The molecular formula is C18H23N3O3S. The van der Waals surface area contributed by atoms with E-state index in [4.69, 9.17) is 0 Å². The molecule has 134 valence electrons. The first kappa shape index (κ1) is 19.0. The second kappa shape index (κ2) is 8.13. The number of hydrogen-bond acceptors (Lipinski definition) is 4. The molecule has 0 unspecified atom stereocenters. The zero-order valence-electron chi connectivity index (χ0n) is 14.6.